The highest BCUT2D eigenvalue weighted by molar-refractivity contribution is 6.30. The number of nitrogens with zero attached hydrogens (tertiary/aromatic N) is 2. The van der Waals surface area contributed by atoms with E-state index in [0.717, 1.165) is 49.0 Å². The predicted octanol–water partition coefficient (Wildman–Crippen LogP) is 2.92. The van der Waals surface area contributed by atoms with Crippen LogP contribution in [0.3, 0.4) is 0 Å². The smallest absolute Gasteiger partial charge is 0.191 e. The van der Waals surface area contributed by atoms with E-state index in [2.05, 4.69) is 34.6 Å². The van der Waals surface area contributed by atoms with E-state index >= 15 is 0 Å². The monoisotopic (exact) mass is 348 g/mol. The van der Waals surface area contributed by atoms with E-state index in [1.807, 2.05) is 12.1 Å². The Bertz CT molecular complexity index is 539. The summed E-state index contributed by atoms with van der Waals surface area (Å²) >= 11 is 5.93. The topological polar surface area (TPSA) is 39.7 Å². The number of aliphatic imine (C=N–C) groups is 1. The molecule has 2 fully saturated rings. The minimum absolute atomic E-state index is 0.720. The van der Waals surface area contributed by atoms with E-state index in [-0.39, 0.29) is 0 Å². The normalized spacial score (nSPS) is 21.9. The largest absolute Gasteiger partial charge is 0.357 e. The number of likely N-dealkylation sites (tertiary alicyclic amines) is 1. The molecule has 0 spiro atoms. The molecule has 1 aromatic carbocycles. The zero-order valence-corrected chi connectivity index (χ0v) is 15.4. The van der Waals surface area contributed by atoms with Crippen molar-refractivity contribution in [1.29, 1.82) is 0 Å². The molecule has 0 amide bonds. The Morgan fingerprint density at radius 1 is 1.21 bits per heavy atom. The Kier molecular flexibility index (Phi) is 6.38. The van der Waals surface area contributed by atoms with Gasteiger partial charge in [-0.1, -0.05) is 23.7 Å². The number of benzene rings is 1. The summed E-state index contributed by atoms with van der Waals surface area (Å²) in [6.45, 7) is 7.32. The third-order valence-electron chi connectivity index (χ3n) is 4.85. The number of hydrogen-bond acceptors (Lipinski definition) is 2. The lowest BCUT2D eigenvalue weighted by molar-refractivity contribution is 0.315. The lowest BCUT2D eigenvalue weighted by atomic mass is 10.1. The molecule has 0 bridgehead atoms. The van der Waals surface area contributed by atoms with Crippen molar-refractivity contribution in [3.05, 3.63) is 34.9 Å². The average molecular weight is 349 g/mol. The maximum atomic E-state index is 5.93. The highest BCUT2D eigenvalue weighted by atomic mass is 35.5. The van der Waals surface area contributed by atoms with Crippen LogP contribution in [0.25, 0.3) is 0 Å². The third-order valence-corrected chi connectivity index (χ3v) is 5.10. The molecule has 2 aliphatic rings. The van der Waals surface area contributed by atoms with Crippen LogP contribution >= 0.6 is 11.6 Å². The van der Waals surface area contributed by atoms with Crippen molar-refractivity contribution in [2.75, 3.05) is 32.7 Å². The van der Waals surface area contributed by atoms with Gasteiger partial charge in [0.15, 0.2) is 5.96 Å². The van der Waals surface area contributed by atoms with E-state index in [4.69, 9.17) is 16.6 Å². The molecule has 24 heavy (non-hydrogen) atoms. The number of rotatable bonds is 7. The van der Waals surface area contributed by atoms with Gasteiger partial charge in [0.05, 0.1) is 0 Å². The lowest BCUT2D eigenvalue weighted by Crippen LogP contribution is -2.38. The first-order valence-corrected chi connectivity index (χ1v) is 9.63. The summed E-state index contributed by atoms with van der Waals surface area (Å²) in [5.41, 5.74) is 1.29. The molecule has 132 valence electrons. The van der Waals surface area contributed by atoms with E-state index in [9.17, 15) is 0 Å². The van der Waals surface area contributed by atoms with E-state index in [0.29, 0.717) is 0 Å². The van der Waals surface area contributed by atoms with E-state index in [1.165, 1.54) is 37.9 Å². The average Bonchev–Trinajstić information content (AvgIpc) is 3.33. The van der Waals surface area contributed by atoms with Gasteiger partial charge in [-0.3, -0.25) is 4.99 Å². The summed E-state index contributed by atoms with van der Waals surface area (Å²) in [5, 5.41) is 7.59. The lowest BCUT2D eigenvalue weighted by Gasteiger charge is -2.15. The van der Waals surface area contributed by atoms with Gasteiger partial charge >= 0.3 is 0 Å². The molecule has 1 unspecified atom stereocenters. The zero-order valence-electron chi connectivity index (χ0n) is 14.6. The van der Waals surface area contributed by atoms with Crippen molar-refractivity contribution in [1.82, 2.24) is 15.5 Å². The van der Waals surface area contributed by atoms with Crippen molar-refractivity contribution in [3.8, 4) is 0 Å². The number of halogens is 1. The molecule has 0 radical (unpaired) electrons. The molecule has 1 saturated heterocycles. The quantitative estimate of drug-likeness (QED) is 0.588. The standard InChI is InChI=1S/C19H29ClN4/c1-2-21-19(22-11-9-15-3-5-17(20)6-4-15)23-13-16-10-12-24(14-16)18-7-8-18/h3-6,16,18H,2,7-14H2,1H3,(H2,21,22,23). The Balaban J connectivity index is 1.42. The fourth-order valence-electron chi connectivity index (χ4n) is 3.32. The first-order valence-electron chi connectivity index (χ1n) is 9.25. The third kappa shape index (κ3) is 5.38. The van der Waals surface area contributed by atoms with Crippen LogP contribution in [-0.2, 0) is 6.42 Å². The number of hydrogen-bond donors (Lipinski definition) is 2. The molecule has 1 aromatic rings. The zero-order chi connectivity index (χ0) is 16.8. The first-order chi connectivity index (χ1) is 11.7. The van der Waals surface area contributed by atoms with Gasteiger partial charge in [-0.2, -0.15) is 0 Å². The van der Waals surface area contributed by atoms with Gasteiger partial charge in [0, 0.05) is 37.2 Å². The molecule has 1 atom stereocenters. The minimum atomic E-state index is 0.720. The predicted molar refractivity (Wildman–Crippen MR) is 102 cm³/mol. The van der Waals surface area contributed by atoms with Gasteiger partial charge in [-0.25, -0.2) is 0 Å². The molecule has 2 N–H and O–H groups in total. The molecule has 1 heterocycles. The van der Waals surface area contributed by atoms with E-state index in [1.54, 1.807) is 0 Å². The second-order valence-electron chi connectivity index (χ2n) is 6.90. The fourth-order valence-corrected chi connectivity index (χ4v) is 3.45. The molecule has 1 aliphatic heterocycles. The van der Waals surface area contributed by atoms with Gasteiger partial charge in [-0.05, 0) is 62.8 Å². The molecule has 3 rings (SSSR count). The van der Waals surface area contributed by atoms with Crippen LogP contribution in [0.15, 0.2) is 29.3 Å². The van der Waals surface area contributed by atoms with Crippen LogP contribution in [0.2, 0.25) is 5.02 Å². The fraction of sp³-hybridized carbons (Fsp3) is 0.632. The second kappa shape index (κ2) is 8.72. The van der Waals surface area contributed by atoms with Gasteiger partial charge in [0.1, 0.15) is 0 Å². The van der Waals surface area contributed by atoms with Crippen molar-refractivity contribution < 1.29 is 0 Å². The summed E-state index contributed by atoms with van der Waals surface area (Å²) in [6.07, 6.45) is 5.08. The van der Waals surface area contributed by atoms with Crippen LogP contribution in [0, 0.1) is 5.92 Å². The van der Waals surface area contributed by atoms with Crippen LogP contribution in [0.5, 0.6) is 0 Å². The highest BCUT2D eigenvalue weighted by Gasteiger charge is 2.34. The molecule has 1 saturated carbocycles. The first kappa shape index (κ1) is 17.6. The van der Waals surface area contributed by atoms with E-state index < -0.39 is 0 Å². The van der Waals surface area contributed by atoms with Gasteiger partial charge < -0.3 is 15.5 Å². The molecule has 1 aliphatic carbocycles. The maximum Gasteiger partial charge on any atom is 0.191 e. The van der Waals surface area contributed by atoms with Crippen molar-refractivity contribution in [2.45, 2.75) is 38.6 Å². The van der Waals surface area contributed by atoms with Gasteiger partial charge in [0.2, 0.25) is 0 Å². The number of guanidine groups is 1. The van der Waals surface area contributed by atoms with Crippen molar-refractivity contribution in [3.63, 3.8) is 0 Å². The number of nitrogens with one attached hydrogen (secondary N) is 2. The van der Waals surface area contributed by atoms with Gasteiger partial charge in [0.25, 0.3) is 0 Å². The van der Waals surface area contributed by atoms with Crippen LogP contribution in [0.1, 0.15) is 31.7 Å². The highest BCUT2D eigenvalue weighted by Crippen LogP contribution is 2.31. The van der Waals surface area contributed by atoms with Crippen molar-refractivity contribution in [2.24, 2.45) is 10.9 Å². The summed E-state index contributed by atoms with van der Waals surface area (Å²) in [6, 6.07) is 8.95. The Hall–Kier alpha value is -1.26. The minimum Gasteiger partial charge on any atom is -0.357 e. The molecule has 4 nitrogen and oxygen atoms in total. The summed E-state index contributed by atoms with van der Waals surface area (Å²) in [4.78, 5) is 7.46. The maximum absolute atomic E-state index is 5.93. The SMILES string of the molecule is CCNC(=NCC1CCN(C2CC2)C1)NCCc1ccc(Cl)cc1. The summed E-state index contributed by atoms with van der Waals surface area (Å²) < 4.78 is 0. The second-order valence-corrected chi connectivity index (χ2v) is 7.34. The molecule has 0 aromatic heterocycles. The van der Waals surface area contributed by atoms with Crippen LogP contribution < -0.4 is 10.6 Å². The summed E-state index contributed by atoms with van der Waals surface area (Å²) in [5.74, 6) is 1.66. The Morgan fingerprint density at radius 3 is 2.71 bits per heavy atom. The molecular weight excluding hydrogens is 320 g/mol. The Morgan fingerprint density at radius 2 is 2.00 bits per heavy atom. The van der Waals surface area contributed by atoms with Gasteiger partial charge in [-0.15, -0.1) is 0 Å². The molecule has 5 heteroatoms. The van der Waals surface area contributed by atoms with Crippen molar-refractivity contribution >= 4 is 17.6 Å². The molecular formula is C19H29ClN4. The summed E-state index contributed by atoms with van der Waals surface area (Å²) in [7, 11) is 0. The Labute approximate surface area is 150 Å². The van der Waals surface area contributed by atoms with Crippen LogP contribution in [0.4, 0.5) is 0 Å². The van der Waals surface area contributed by atoms with Crippen LogP contribution in [-0.4, -0.2) is 49.6 Å².